The minimum Gasteiger partial charge on any atom is -0.495 e. The molecule has 0 spiro atoms. The number of anilines is 2. The number of aryl methyl sites for hydroxylation is 2. The van der Waals surface area contributed by atoms with Crippen molar-refractivity contribution in [3.05, 3.63) is 53.3 Å². The zero-order chi connectivity index (χ0) is 19.6. The molecule has 148 valence electrons. The molecule has 28 heavy (non-hydrogen) atoms. The van der Waals surface area contributed by atoms with Crippen LogP contribution in [0.25, 0.3) is 11.0 Å². The van der Waals surface area contributed by atoms with Crippen LogP contribution in [0.15, 0.2) is 36.5 Å². The predicted molar refractivity (Wildman–Crippen MR) is 113 cm³/mol. The molecular formula is C21H24ClN3O3. The van der Waals surface area contributed by atoms with Crippen molar-refractivity contribution in [2.75, 3.05) is 12.4 Å². The average Bonchev–Trinajstić information content (AvgIpc) is 2.61. The number of aromatic nitrogens is 2. The summed E-state index contributed by atoms with van der Waals surface area (Å²) in [5.74, 6) is 0.239. The Bertz CT molecular complexity index is 1010. The normalized spacial score (nSPS) is 10.5. The van der Waals surface area contributed by atoms with Crippen molar-refractivity contribution in [1.82, 2.24) is 9.97 Å². The third-order valence-electron chi connectivity index (χ3n) is 4.05. The summed E-state index contributed by atoms with van der Waals surface area (Å²) < 4.78 is 10.9. The van der Waals surface area contributed by atoms with E-state index in [0.717, 1.165) is 22.3 Å². The molecule has 0 unspecified atom stereocenters. The standard InChI is InChI=1S/C21H23N3O3.ClH/c1-12(2)27-21(25)16-11-22-20-15(8-7-14(4)23-20)19(16)24-17-10-13(3)6-9-18(17)26-5;/h6-12H,1-5H3,(H,22,23,24);1H. The molecular weight excluding hydrogens is 378 g/mol. The minimum absolute atomic E-state index is 0. The third-order valence-corrected chi connectivity index (χ3v) is 4.05. The highest BCUT2D eigenvalue weighted by molar-refractivity contribution is 6.05. The number of hydrogen-bond acceptors (Lipinski definition) is 6. The number of methoxy groups -OCH3 is 1. The molecule has 0 atom stereocenters. The number of halogens is 1. The lowest BCUT2D eigenvalue weighted by Gasteiger charge is -2.17. The van der Waals surface area contributed by atoms with Crippen LogP contribution >= 0.6 is 12.4 Å². The van der Waals surface area contributed by atoms with Crippen molar-refractivity contribution in [3.8, 4) is 5.75 Å². The highest BCUT2D eigenvalue weighted by Gasteiger charge is 2.20. The molecule has 0 fully saturated rings. The van der Waals surface area contributed by atoms with Crippen LogP contribution in [0.5, 0.6) is 5.75 Å². The van der Waals surface area contributed by atoms with Crippen LogP contribution in [-0.2, 0) is 4.74 Å². The number of carbonyl (C=O) groups is 1. The molecule has 2 aromatic heterocycles. The maximum absolute atomic E-state index is 12.6. The number of rotatable bonds is 5. The smallest absolute Gasteiger partial charge is 0.342 e. The first-order valence-corrected chi connectivity index (χ1v) is 8.78. The molecule has 0 aliphatic carbocycles. The zero-order valence-electron chi connectivity index (χ0n) is 16.6. The molecule has 1 N–H and O–H groups in total. The second-order valence-electron chi connectivity index (χ2n) is 6.65. The first-order valence-electron chi connectivity index (χ1n) is 8.78. The number of pyridine rings is 2. The molecule has 1 aromatic carbocycles. The van der Waals surface area contributed by atoms with Gasteiger partial charge in [-0.25, -0.2) is 14.8 Å². The van der Waals surface area contributed by atoms with Gasteiger partial charge in [-0.15, -0.1) is 12.4 Å². The SMILES string of the molecule is COc1ccc(C)cc1Nc1c(C(=O)OC(C)C)cnc2nc(C)ccc12.Cl. The van der Waals surface area contributed by atoms with Gasteiger partial charge in [0.05, 0.1) is 24.6 Å². The summed E-state index contributed by atoms with van der Waals surface area (Å²) in [6.07, 6.45) is 1.27. The molecule has 3 aromatic rings. The van der Waals surface area contributed by atoms with E-state index in [2.05, 4.69) is 15.3 Å². The highest BCUT2D eigenvalue weighted by Crippen LogP contribution is 2.34. The van der Waals surface area contributed by atoms with Crippen LogP contribution < -0.4 is 10.1 Å². The van der Waals surface area contributed by atoms with Gasteiger partial charge >= 0.3 is 5.97 Å². The monoisotopic (exact) mass is 401 g/mol. The van der Waals surface area contributed by atoms with Crippen molar-refractivity contribution < 1.29 is 14.3 Å². The summed E-state index contributed by atoms with van der Waals surface area (Å²) in [5.41, 5.74) is 4.19. The Balaban J connectivity index is 0.00000280. The van der Waals surface area contributed by atoms with Crippen LogP contribution in [0.4, 0.5) is 11.4 Å². The van der Waals surface area contributed by atoms with E-state index in [0.29, 0.717) is 22.6 Å². The van der Waals surface area contributed by atoms with Gasteiger partial charge in [-0.05, 0) is 57.5 Å². The van der Waals surface area contributed by atoms with Gasteiger partial charge in [0.1, 0.15) is 11.3 Å². The zero-order valence-corrected chi connectivity index (χ0v) is 17.4. The van der Waals surface area contributed by atoms with E-state index in [1.54, 1.807) is 7.11 Å². The van der Waals surface area contributed by atoms with E-state index >= 15 is 0 Å². The topological polar surface area (TPSA) is 73.3 Å². The van der Waals surface area contributed by atoms with E-state index in [9.17, 15) is 4.79 Å². The molecule has 0 aliphatic rings. The van der Waals surface area contributed by atoms with Crippen molar-refractivity contribution in [2.24, 2.45) is 0 Å². The van der Waals surface area contributed by atoms with Gasteiger partial charge in [-0.3, -0.25) is 0 Å². The molecule has 3 rings (SSSR count). The Morgan fingerprint density at radius 3 is 2.57 bits per heavy atom. The maximum atomic E-state index is 12.6. The summed E-state index contributed by atoms with van der Waals surface area (Å²) in [5, 5.41) is 4.08. The summed E-state index contributed by atoms with van der Waals surface area (Å²) in [6, 6.07) is 9.61. The van der Waals surface area contributed by atoms with Crippen molar-refractivity contribution in [3.63, 3.8) is 0 Å². The fourth-order valence-electron chi connectivity index (χ4n) is 2.79. The fraction of sp³-hybridized carbons (Fsp3) is 0.286. The third kappa shape index (κ3) is 4.51. The Morgan fingerprint density at radius 1 is 1.14 bits per heavy atom. The van der Waals surface area contributed by atoms with Gasteiger partial charge in [0.2, 0.25) is 0 Å². The fourth-order valence-corrected chi connectivity index (χ4v) is 2.79. The second-order valence-corrected chi connectivity index (χ2v) is 6.65. The number of esters is 1. The van der Waals surface area contributed by atoms with Gasteiger partial charge in [0.25, 0.3) is 0 Å². The molecule has 0 saturated heterocycles. The number of carbonyl (C=O) groups excluding carboxylic acids is 1. The largest absolute Gasteiger partial charge is 0.495 e. The number of nitrogens with one attached hydrogen (secondary N) is 1. The van der Waals surface area contributed by atoms with Gasteiger partial charge in [-0.2, -0.15) is 0 Å². The molecule has 0 radical (unpaired) electrons. The first-order chi connectivity index (χ1) is 12.9. The number of benzene rings is 1. The van der Waals surface area contributed by atoms with Crippen molar-refractivity contribution in [1.29, 1.82) is 0 Å². The number of fused-ring (bicyclic) bond motifs is 1. The Kier molecular flexibility index (Phi) is 6.80. The minimum atomic E-state index is -0.436. The van der Waals surface area contributed by atoms with E-state index in [4.69, 9.17) is 9.47 Å². The van der Waals surface area contributed by atoms with Gasteiger partial charge in [0.15, 0.2) is 5.65 Å². The predicted octanol–water partition coefficient (Wildman–Crippen LogP) is 4.99. The van der Waals surface area contributed by atoms with Gasteiger partial charge < -0.3 is 14.8 Å². The van der Waals surface area contributed by atoms with Gasteiger partial charge in [0, 0.05) is 17.3 Å². The summed E-state index contributed by atoms with van der Waals surface area (Å²) in [7, 11) is 1.61. The van der Waals surface area contributed by atoms with Gasteiger partial charge in [-0.1, -0.05) is 6.07 Å². The van der Waals surface area contributed by atoms with Crippen LogP contribution in [0, 0.1) is 13.8 Å². The molecule has 7 heteroatoms. The van der Waals surface area contributed by atoms with E-state index in [1.165, 1.54) is 6.20 Å². The summed E-state index contributed by atoms with van der Waals surface area (Å²) >= 11 is 0. The van der Waals surface area contributed by atoms with Crippen LogP contribution in [-0.4, -0.2) is 29.2 Å². The first kappa shape index (κ1) is 21.4. The molecule has 2 heterocycles. The highest BCUT2D eigenvalue weighted by atomic mass is 35.5. The number of nitrogens with zero attached hydrogens (tertiary/aromatic N) is 2. The van der Waals surface area contributed by atoms with Crippen molar-refractivity contribution in [2.45, 2.75) is 33.8 Å². The van der Waals surface area contributed by atoms with E-state index < -0.39 is 5.97 Å². The maximum Gasteiger partial charge on any atom is 0.342 e. The van der Waals surface area contributed by atoms with Crippen LogP contribution in [0.2, 0.25) is 0 Å². The number of ether oxygens (including phenoxy) is 2. The summed E-state index contributed by atoms with van der Waals surface area (Å²) in [6.45, 7) is 7.52. The van der Waals surface area contributed by atoms with Crippen LogP contribution in [0.1, 0.15) is 35.5 Å². The summed E-state index contributed by atoms with van der Waals surface area (Å²) in [4.78, 5) is 21.5. The Morgan fingerprint density at radius 2 is 1.89 bits per heavy atom. The Labute approximate surface area is 170 Å². The van der Waals surface area contributed by atoms with Crippen LogP contribution in [0.3, 0.4) is 0 Å². The lowest BCUT2D eigenvalue weighted by atomic mass is 10.1. The molecule has 0 bridgehead atoms. The van der Waals surface area contributed by atoms with E-state index in [-0.39, 0.29) is 18.5 Å². The molecule has 0 amide bonds. The molecule has 0 aliphatic heterocycles. The van der Waals surface area contributed by atoms with E-state index in [1.807, 2.05) is 58.0 Å². The second kappa shape index (κ2) is 8.89. The number of hydrogen-bond donors (Lipinski definition) is 1. The molecule has 0 saturated carbocycles. The Hall–Kier alpha value is -2.86. The quantitative estimate of drug-likeness (QED) is 0.607. The lowest BCUT2D eigenvalue weighted by Crippen LogP contribution is -2.14. The average molecular weight is 402 g/mol. The molecule has 6 nitrogen and oxygen atoms in total. The van der Waals surface area contributed by atoms with Crippen molar-refractivity contribution >= 4 is 40.8 Å². The lowest BCUT2D eigenvalue weighted by molar-refractivity contribution is 0.0379.